The molecule has 0 saturated carbocycles. The molecule has 6 nitrogen and oxygen atoms in total. The molecule has 8 heteroatoms. The fourth-order valence-corrected chi connectivity index (χ4v) is 2.10. The predicted octanol–water partition coefficient (Wildman–Crippen LogP) is 2.50. The number of nitrogens with one attached hydrogen (secondary N) is 1. The molecule has 3 aromatic heterocycles. The van der Waals surface area contributed by atoms with Crippen LogP contribution in [0.3, 0.4) is 0 Å². The van der Waals surface area contributed by atoms with Crippen molar-refractivity contribution >= 4 is 11.6 Å². The molecular formula is C14H12F2N4O2. The van der Waals surface area contributed by atoms with Crippen molar-refractivity contribution in [2.45, 2.75) is 19.9 Å². The number of carbonyl (C=O) groups excluding carboxylic acids is 1. The number of aromatic nitrogens is 3. The molecule has 0 unspecified atom stereocenters. The smallest absolute Gasteiger partial charge is 0.280 e. The average molecular weight is 306 g/mol. The van der Waals surface area contributed by atoms with Crippen LogP contribution in [0.15, 0.2) is 35.1 Å². The van der Waals surface area contributed by atoms with Gasteiger partial charge in [0.2, 0.25) is 0 Å². The first kappa shape index (κ1) is 14.2. The number of nitrogens with zero attached hydrogens (tertiary/aromatic N) is 3. The van der Waals surface area contributed by atoms with E-state index in [1.807, 2.05) is 0 Å². The second-order valence-electron chi connectivity index (χ2n) is 4.68. The lowest BCUT2D eigenvalue weighted by molar-refractivity contribution is 0.0949. The van der Waals surface area contributed by atoms with Crippen LogP contribution in [0.2, 0.25) is 0 Å². The Morgan fingerprint density at radius 3 is 3.00 bits per heavy atom. The number of amides is 1. The zero-order chi connectivity index (χ0) is 15.7. The molecule has 22 heavy (non-hydrogen) atoms. The molecule has 0 atom stereocenters. The zero-order valence-corrected chi connectivity index (χ0v) is 11.6. The maximum Gasteiger partial charge on any atom is 0.280 e. The Bertz CT molecular complexity index is 812. The summed E-state index contributed by atoms with van der Waals surface area (Å²) >= 11 is 0. The topological polar surface area (TPSA) is 72.4 Å². The first-order chi connectivity index (χ1) is 10.6. The molecule has 3 rings (SSSR count). The van der Waals surface area contributed by atoms with Crippen LogP contribution in [0.1, 0.15) is 33.9 Å². The molecule has 0 bridgehead atoms. The highest BCUT2D eigenvalue weighted by molar-refractivity contribution is 5.99. The van der Waals surface area contributed by atoms with E-state index in [1.165, 1.54) is 18.5 Å². The minimum Gasteiger partial charge on any atom is -0.467 e. The molecule has 1 amide bonds. The molecule has 0 spiro atoms. The third kappa shape index (κ3) is 2.54. The molecule has 1 N–H and O–H groups in total. The van der Waals surface area contributed by atoms with Gasteiger partial charge in [0.1, 0.15) is 17.0 Å². The van der Waals surface area contributed by atoms with E-state index in [0.29, 0.717) is 11.5 Å². The van der Waals surface area contributed by atoms with Crippen LogP contribution in [0, 0.1) is 6.92 Å². The van der Waals surface area contributed by atoms with Crippen molar-refractivity contribution in [2.75, 3.05) is 0 Å². The third-order valence-electron chi connectivity index (χ3n) is 3.10. The summed E-state index contributed by atoms with van der Waals surface area (Å²) in [6.45, 7) is 1.78. The fraction of sp³-hybridized carbons (Fsp3) is 0.214. The van der Waals surface area contributed by atoms with Crippen LogP contribution >= 0.6 is 0 Å². The van der Waals surface area contributed by atoms with Gasteiger partial charge in [-0.15, -0.1) is 0 Å². The monoisotopic (exact) mass is 306 g/mol. The summed E-state index contributed by atoms with van der Waals surface area (Å²) in [5.41, 5.74) is 0.334. The number of carbonyl (C=O) groups is 1. The van der Waals surface area contributed by atoms with Gasteiger partial charge in [0, 0.05) is 5.69 Å². The Hall–Kier alpha value is -2.77. The lowest BCUT2D eigenvalue weighted by Crippen LogP contribution is -2.22. The second-order valence-corrected chi connectivity index (χ2v) is 4.68. The molecule has 0 radical (unpaired) electrons. The standard InChI is InChI=1S/C14H12F2N4O2/c1-8-5-11(12(15)16)20-13(19-8)10(7-18-20)14(21)17-6-9-3-2-4-22-9/h2-5,7,12H,6H2,1H3,(H,17,21). The van der Waals surface area contributed by atoms with Gasteiger partial charge in [-0.25, -0.2) is 18.3 Å². The fourth-order valence-electron chi connectivity index (χ4n) is 2.10. The van der Waals surface area contributed by atoms with Crippen molar-refractivity contribution in [1.29, 1.82) is 0 Å². The summed E-state index contributed by atoms with van der Waals surface area (Å²) in [5.74, 6) is 0.131. The second kappa shape index (κ2) is 5.55. The number of halogens is 2. The highest BCUT2D eigenvalue weighted by Crippen LogP contribution is 2.21. The Labute approximate surface area is 123 Å². The van der Waals surface area contributed by atoms with Crippen molar-refractivity contribution in [3.8, 4) is 0 Å². The lowest BCUT2D eigenvalue weighted by atomic mass is 10.3. The van der Waals surface area contributed by atoms with Crippen molar-refractivity contribution in [3.63, 3.8) is 0 Å². The van der Waals surface area contributed by atoms with Gasteiger partial charge in [-0.2, -0.15) is 5.10 Å². The van der Waals surface area contributed by atoms with E-state index in [-0.39, 0.29) is 23.4 Å². The van der Waals surface area contributed by atoms with E-state index < -0.39 is 12.3 Å². The predicted molar refractivity (Wildman–Crippen MR) is 72.6 cm³/mol. The van der Waals surface area contributed by atoms with E-state index in [9.17, 15) is 13.6 Å². The van der Waals surface area contributed by atoms with Crippen molar-refractivity contribution in [2.24, 2.45) is 0 Å². The average Bonchev–Trinajstić information content (AvgIpc) is 3.12. The number of hydrogen-bond acceptors (Lipinski definition) is 4. The van der Waals surface area contributed by atoms with Gasteiger partial charge >= 0.3 is 0 Å². The van der Waals surface area contributed by atoms with Gasteiger partial charge in [-0.1, -0.05) is 0 Å². The van der Waals surface area contributed by atoms with Gasteiger partial charge in [-0.3, -0.25) is 4.79 Å². The summed E-state index contributed by atoms with van der Waals surface area (Å²) in [5, 5.41) is 6.47. The molecule has 114 valence electrons. The summed E-state index contributed by atoms with van der Waals surface area (Å²) in [7, 11) is 0. The van der Waals surface area contributed by atoms with Crippen molar-refractivity contribution in [3.05, 3.63) is 53.4 Å². The van der Waals surface area contributed by atoms with Crippen LogP contribution in [0.5, 0.6) is 0 Å². The van der Waals surface area contributed by atoms with Crippen LogP contribution in [-0.2, 0) is 6.54 Å². The van der Waals surface area contributed by atoms with Gasteiger partial charge in [0.25, 0.3) is 12.3 Å². The van der Waals surface area contributed by atoms with E-state index in [2.05, 4.69) is 15.4 Å². The third-order valence-corrected chi connectivity index (χ3v) is 3.10. The first-order valence-electron chi connectivity index (χ1n) is 6.50. The summed E-state index contributed by atoms with van der Waals surface area (Å²) in [6, 6.07) is 4.67. The minimum atomic E-state index is -2.71. The number of furan rings is 1. The molecule has 3 heterocycles. The quantitative estimate of drug-likeness (QED) is 0.804. The highest BCUT2D eigenvalue weighted by atomic mass is 19.3. The largest absolute Gasteiger partial charge is 0.467 e. The van der Waals surface area contributed by atoms with E-state index in [4.69, 9.17) is 4.42 Å². The SMILES string of the molecule is Cc1cc(C(F)F)n2ncc(C(=O)NCc3ccco3)c2n1. The van der Waals surface area contributed by atoms with Gasteiger partial charge in [0.15, 0.2) is 5.65 Å². The van der Waals surface area contributed by atoms with E-state index in [0.717, 1.165) is 4.52 Å². The highest BCUT2D eigenvalue weighted by Gasteiger charge is 2.20. The Balaban J connectivity index is 1.92. The van der Waals surface area contributed by atoms with Crippen molar-refractivity contribution < 1.29 is 18.0 Å². The molecule has 0 aliphatic heterocycles. The van der Waals surface area contributed by atoms with Gasteiger partial charge in [-0.05, 0) is 25.1 Å². The first-order valence-corrected chi connectivity index (χ1v) is 6.50. The molecular weight excluding hydrogens is 294 g/mol. The van der Waals surface area contributed by atoms with Gasteiger partial charge < -0.3 is 9.73 Å². The van der Waals surface area contributed by atoms with Gasteiger partial charge in [0.05, 0.1) is 19.0 Å². The Morgan fingerprint density at radius 1 is 1.50 bits per heavy atom. The number of rotatable bonds is 4. The maximum absolute atomic E-state index is 13.0. The van der Waals surface area contributed by atoms with E-state index in [1.54, 1.807) is 19.1 Å². The number of aryl methyl sites for hydroxylation is 1. The molecule has 0 aliphatic carbocycles. The Kier molecular flexibility index (Phi) is 3.58. The molecule has 0 aromatic carbocycles. The zero-order valence-electron chi connectivity index (χ0n) is 11.6. The normalized spacial score (nSPS) is 11.3. The lowest BCUT2D eigenvalue weighted by Gasteiger charge is -2.06. The van der Waals surface area contributed by atoms with Crippen LogP contribution in [0.25, 0.3) is 5.65 Å². The Morgan fingerprint density at radius 2 is 2.32 bits per heavy atom. The minimum absolute atomic E-state index is 0.104. The summed E-state index contributed by atoms with van der Waals surface area (Å²) in [4.78, 5) is 16.3. The number of hydrogen-bond donors (Lipinski definition) is 1. The van der Waals surface area contributed by atoms with E-state index >= 15 is 0 Å². The number of alkyl halides is 2. The molecule has 3 aromatic rings. The number of fused-ring (bicyclic) bond motifs is 1. The van der Waals surface area contributed by atoms with Crippen LogP contribution < -0.4 is 5.32 Å². The van der Waals surface area contributed by atoms with Crippen molar-refractivity contribution in [1.82, 2.24) is 19.9 Å². The van der Waals surface area contributed by atoms with Crippen LogP contribution in [-0.4, -0.2) is 20.5 Å². The molecule has 0 saturated heterocycles. The maximum atomic E-state index is 13.0. The summed E-state index contributed by atoms with van der Waals surface area (Å²) in [6.07, 6.45) is 0.0185. The summed E-state index contributed by atoms with van der Waals surface area (Å²) < 4.78 is 32.1. The molecule has 0 aliphatic rings. The molecule has 0 fully saturated rings. The van der Waals surface area contributed by atoms with Crippen LogP contribution in [0.4, 0.5) is 8.78 Å².